The molecular formula is C29H28N2O4. The smallest absolute Gasteiger partial charge is 0.168 e. The van der Waals surface area contributed by atoms with Gasteiger partial charge >= 0.3 is 0 Å². The van der Waals surface area contributed by atoms with Gasteiger partial charge in [-0.15, -0.1) is 0 Å². The molecule has 3 aromatic rings. The molecule has 0 amide bonds. The molecule has 0 radical (unpaired) electrons. The third-order valence-corrected chi connectivity index (χ3v) is 6.89. The fourth-order valence-corrected chi connectivity index (χ4v) is 5.04. The summed E-state index contributed by atoms with van der Waals surface area (Å²) in [4.78, 5) is 30.6. The first kappa shape index (κ1) is 23.0. The number of aromatic nitrogens is 1. The van der Waals surface area contributed by atoms with E-state index >= 15 is 0 Å². The maximum absolute atomic E-state index is 13.4. The number of rotatable bonds is 5. The average Bonchev–Trinajstić information content (AvgIpc) is 3.29. The molecule has 1 heterocycles. The van der Waals surface area contributed by atoms with E-state index in [1.807, 2.05) is 61.5 Å². The zero-order chi connectivity index (χ0) is 24.4. The van der Waals surface area contributed by atoms with Crippen LogP contribution in [0.5, 0.6) is 0 Å². The van der Waals surface area contributed by atoms with Crippen molar-refractivity contribution >= 4 is 23.0 Å². The highest BCUT2D eigenvalue weighted by molar-refractivity contribution is 6.25. The topological polar surface area (TPSA) is 92.8 Å². The first-order chi connectivity index (χ1) is 17.0. The molecule has 1 atom stereocenters. The van der Waals surface area contributed by atoms with Crippen LogP contribution in [0.25, 0.3) is 0 Å². The maximum atomic E-state index is 13.4. The van der Waals surface area contributed by atoms with Crippen LogP contribution < -0.4 is 0 Å². The molecule has 5 rings (SSSR count). The van der Waals surface area contributed by atoms with Gasteiger partial charge in [-0.05, 0) is 42.9 Å². The van der Waals surface area contributed by atoms with Crippen molar-refractivity contribution in [2.75, 3.05) is 0 Å². The Labute approximate surface area is 204 Å². The van der Waals surface area contributed by atoms with E-state index in [9.17, 15) is 14.7 Å². The number of allylic oxidation sites excluding steroid dienone is 2. The lowest BCUT2D eigenvalue weighted by Gasteiger charge is -2.26. The normalized spacial score (nSPS) is 20.7. The van der Waals surface area contributed by atoms with Gasteiger partial charge in [0.05, 0.1) is 28.2 Å². The molecular weight excluding hydrogens is 440 g/mol. The molecule has 35 heavy (non-hydrogen) atoms. The minimum absolute atomic E-state index is 0.00296. The Bertz CT molecular complexity index is 1330. The van der Waals surface area contributed by atoms with Gasteiger partial charge in [0.2, 0.25) is 0 Å². The van der Waals surface area contributed by atoms with Gasteiger partial charge in [0, 0.05) is 32.1 Å². The molecule has 1 saturated carbocycles. The van der Waals surface area contributed by atoms with Gasteiger partial charge in [0.1, 0.15) is 11.5 Å². The fraction of sp³-hybridized carbons (Fsp3) is 0.310. The number of aliphatic imine (C=N–C) groups is 1. The van der Waals surface area contributed by atoms with Gasteiger partial charge in [-0.1, -0.05) is 53.7 Å². The summed E-state index contributed by atoms with van der Waals surface area (Å²) in [6, 6.07) is 17.7. The van der Waals surface area contributed by atoms with Crippen LogP contribution in [0.4, 0.5) is 5.69 Å². The largest absolute Gasteiger partial charge is 0.511 e. The Morgan fingerprint density at radius 1 is 1.03 bits per heavy atom. The summed E-state index contributed by atoms with van der Waals surface area (Å²) in [5, 5.41) is 15.2. The predicted molar refractivity (Wildman–Crippen MR) is 133 cm³/mol. The number of fused-ring (bicyclic) bond motifs is 1. The number of aliphatic hydroxyl groups excluding tert-OH is 1. The summed E-state index contributed by atoms with van der Waals surface area (Å²) < 4.78 is 5.37. The van der Waals surface area contributed by atoms with Crippen molar-refractivity contribution in [3.8, 4) is 0 Å². The predicted octanol–water partition coefficient (Wildman–Crippen LogP) is 6.17. The van der Waals surface area contributed by atoms with Crippen molar-refractivity contribution in [2.45, 2.75) is 57.8 Å². The summed E-state index contributed by atoms with van der Waals surface area (Å²) >= 11 is 0. The van der Waals surface area contributed by atoms with E-state index in [0.717, 1.165) is 23.2 Å². The van der Waals surface area contributed by atoms with E-state index in [4.69, 9.17) is 9.52 Å². The minimum atomic E-state index is -0.117. The van der Waals surface area contributed by atoms with E-state index < -0.39 is 0 Å². The van der Waals surface area contributed by atoms with E-state index in [1.165, 1.54) is 0 Å². The van der Waals surface area contributed by atoms with Crippen LogP contribution in [-0.2, 0) is 17.6 Å². The molecule has 0 spiro atoms. The van der Waals surface area contributed by atoms with E-state index in [0.29, 0.717) is 60.4 Å². The number of aryl methyl sites for hydroxylation is 3. The van der Waals surface area contributed by atoms with Gasteiger partial charge in [-0.3, -0.25) is 14.6 Å². The molecule has 178 valence electrons. The highest BCUT2D eigenvalue weighted by Crippen LogP contribution is 2.35. The van der Waals surface area contributed by atoms with Crippen molar-refractivity contribution in [2.24, 2.45) is 4.99 Å². The van der Waals surface area contributed by atoms with Crippen LogP contribution in [0.2, 0.25) is 0 Å². The first-order valence-corrected chi connectivity index (χ1v) is 12.2. The summed E-state index contributed by atoms with van der Waals surface area (Å²) in [7, 11) is 0. The number of hydrogen-bond acceptors (Lipinski definition) is 6. The molecule has 0 bridgehead atoms. The van der Waals surface area contributed by atoms with Gasteiger partial charge in [-0.25, -0.2) is 0 Å². The number of para-hydroxylation sites is 1. The standard InChI is InChI=1S/C29H28N2O4/c1-18-8-5-6-11-21(18)30-23-16-20(19-9-3-2-4-10-19)17-26(34)28(23)25(33)15-14-22-29-24(32)12-7-13-27(29)35-31-22/h2-6,8-11,20,33H,7,12-17H2,1H3/b28-25+,30-23?. The van der Waals surface area contributed by atoms with Crippen molar-refractivity contribution < 1.29 is 19.2 Å². The second-order valence-electron chi connectivity index (χ2n) is 9.31. The van der Waals surface area contributed by atoms with Crippen LogP contribution in [0, 0.1) is 6.92 Å². The molecule has 2 aliphatic carbocycles. The number of ketones is 2. The van der Waals surface area contributed by atoms with Crippen LogP contribution >= 0.6 is 0 Å². The number of nitrogens with zero attached hydrogens (tertiary/aromatic N) is 2. The molecule has 6 nitrogen and oxygen atoms in total. The summed E-state index contributed by atoms with van der Waals surface area (Å²) in [5.41, 5.74) is 4.88. The molecule has 2 aliphatic rings. The first-order valence-electron chi connectivity index (χ1n) is 12.2. The fourth-order valence-electron chi connectivity index (χ4n) is 5.04. The van der Waals surface area contributed by atoms with Gasteiger partial charge < -0.3 is 9.63 Å². The Balaban J connectivity index is 1.48. The number of carbonyl (C=O) groups excluding carboxylic acids is 2. The Kier molecular flexibility index (Phi) is 6.45. The average molecular weight is 469 g/mol. The van der Waals surface area contributed by atoms with Gasteiger partial charge in [0.15, 0.2) is 11.6 Å². The summed E-state index contributed by atoms with van der Waals surface area (Å²) in [5.74, 6) is 0.547. The Morgan fingerprint density at radius 2 is 1.80 bits per heavy atom. The zero-order valence-corrected chi connectivity index (χ0v) is 19.8. The van der Waals surface area contributed by atoms with E-state index in [2.05, 4.69) is 5.16 Å². The Morgan fingerprint density at radius 3 is 2.60 bits per heavy atom. The van der Waals surface area contributed by atoms with Crippen LogP contribution in [0.1, 0.15) is 71.0 Å². The molecule has 2 aromatic carbocycles. The molecule has 1 fully saturated rings. The monoisotopic (exact) mass is 468 g/mol. The van der Waals surface area contributed by atoms with Crippen LogP contribution in [0.3, 0.4) is 0 Å². The van der Waals surface area contributed by atoms with Crippen molar-refractivity contribution in [3.05, 3.63) is 94.1 Å². The molecule has 0 saturated heterocycles. The third kappa shape index (κ3) is 4.74. The lowest BCUT2D eigenvalue weighted by atomic mass is 9.78. The van der Waals surface area contributed by atoms with Crippen LogP contribution in [0.15, 0.2) is 75.4 Å². The number of benzene rings is 2. The van der Waals surface area contributed by atoms with Crippen molar-refractivity contribution in [1.29, 1.82) is 0 Å². The summed E-state index contributed by atoms with van der Waals surface area (Å²) in [6.07, 6.45) is 3.35. The van der Waals surface area contributed by atoms with E-state index in [1.54, 1.807) is 0 Å². The summed E-state index contributed by atoms with van der Waals surface area (Å²) in [6.45, 7) is 1.98. The highest BCUT2D eigenvalue weighted by atomic mass is 16.5. The lowest BCUT2D eigenvalue weighted by molar-refractivity contribution is -0.116. The second kappa shape index (κ2) is 9.82. The lowest BCUT2D eigenvalue weighted by Crippen LogP contribution is -2.26. The maximum Gasteiger partial charge on any atom is 0.168 e. The van der Waals surface area contributed by atoms with Crippen molar-refractivity contribution in [1.82, 2.24) is 5.16 Å². The molecule has 1 unspecified atom stereocenters. The number of carbonyl (C=O) groups is 2. The zero-order valence-electron chi connectivity index (χ0n) is 19.8. The Hall–Kier alpha value is -3.80. The third-order valence-electron chi connectivity index (χ3n) is 6.89. The van der Waals surface area contributed by atoms with E-state index in [-0.39, 0.29) is 29.7 Å². The molecule has 0 aliphatic heterocycles. The van der Waals surface area contributed by atoms with Crippen molar-refractivity contribution in [3.63, 3.8) is 0 Å². The van der Waals surface area contributed by atoms with Gasteiger partial charge in [0.25, 0.3) is 0 Å². The van der Waals surface area contributed by atoms with Gasteiger partial charge in [-0.2, -0.15) is 0 Å². The SMILES string of the molecule is Cc1ccccc1N=C1CC(c2ccccc2)CC(=O)/C1=C(/O)CCc1noc2c1C(=O)CCC2. The highest BCUT2D eigenvalue weighted by Gasteiger charge is 2.33. The minimum Gasteiger partial charge on any atom is -0.511 e. The molecule has 6 heteroatoms. The number of aliphatic hydroxyl groups is 1. The van der Waals surface area contributed by atoms with Crippen LogP contribution in [-0.4, -0.2) is 27.5 Å². The molecule has 1 aromatic heterocycles. The second-order valence-corrected chi connectivity index (χ2v) is 9.31. The number of Topliss-reactive ketones (excluding diaryl/α,β-unsaturated/α-hetero) is 2. The molecule has 1 N–H and O–H groups in total. The number of hydrogen-bond donors (Lipinski definition) is 1. The quantitative estimate of drug-likeness (QED) is 0.357.